The van der Waals surface area contributed by atoms with Gasteiger partial charge in [0.2, 0.25) is 0 Å². The molecule has 1 aromatic heterocycles. The number of hydrogen-bond acceptors (Lipinski definition) is 4. The zero-order valence-electron chi connectivity index (χ0n) is 10.9. The highest BCUT2D eigenvalue weighted by Crippen LogP contribution is 2.40. The van der Waals surface area contributed by atoms with Crippen molar-refractivity contribution in [2.75, 3.05) is 6.26 Å². The van der Waals surface area contributed by atoms with E-state index >= 15 is 0 Å². The maximum Gasteiger partial charge on any atom is 0.287 e. The summed E-state index contributed by atoms with van der Waals surface area (Å²) in [5, 5.41) is 12.5. The summed E-state index contributed by atoms with van der Waals surface area (Å²) < 4.78 is 5.45. The number of thioether (sulfide) groups is 1. The van der Waals surface area contributed by atoms with Crippen LogP contribution in [-0.2, 0) is 5.75 Å². The van der Waals surface area contributed by atoms with Crippen molar-refractivity contribution >= 4 is 17.7 Å². The van der Waals surface area contributed by atoms with Gasteiger partial charge < -0.3 is 14.8 Å². The molecule has 4 nitrogen and oxygen atoms in total. The summed E-state index contributed by atoms with van der Waals surface area (Å²) in [7, 11) is 0. The van der Waals surface area contributed by atoms with Gasteiger partial charge in [0, 0.05) is 11.5 Å². The minimum atomic E-state index is -0.341. The van der Waals surface area contributed by atoms with Crippen LogP contribution in [-0.4, -0.2) is 29.4 Å². The summed E-state index contributed by atoms with van der Waals surface area (Å²) in [6, 6.07) is 3.53. The van der Waals surface area contributed by atoms with Gasteiger partial charge in [0.05, 0.1) is 11.9 Å². The Morgan fingerprint density at radius 2 is 2.33 bits per heavy atom. The molecular weight excluding hydrogens is 250 g/mol. The Labute approximate surface area is 111 Å². The second kappa shape index (κ2) is 4.97. The van der Waals surface area contributed by atoms with E-state index in [9.17, 15) is 9.90 Å². The summed E-state index contributed by atoms with van der Waals surface area (Å²) in [6.07, 6.45) is 2.25. The average molecular weight is 269 g/mol. The van der Waals surface area contributed by atoms with Gasteiger partial charge in [0.1, 0.15) is 5.76 Å². The predicted octanol–water partition coefficient (Wildman–Crippen LogP) is 2.03. The second-order valence-electron chi connectivity index (χ2n) is 5.30. The van der Waals surface area contributed by atoms with Crippen molar-refractivity contribution in [2.45, 2.75) is 38.2 Å². The number of nitrogens with one attached hydrogen (secondary N) is 1. The first-order valence-corrected chi connectivity index (χ1v) is 7.41. The van der Waals surface area contributed by atoms with Crippen LogP contribution in [0.5, 0.6) is 0 Å². The van der Waals surface area contributed by atoms with Crippen molar-refractivity contribution < 1.29 is 14.3 Å². The first-order valence-electron chi connectivity index (χ1n) is 6.01. The summed E-state index contributed by atoms with van der Waals surface area (Å²) >= 11 is 1.65. The van der Waals surface area contributed by atoms with Gasteiger partial charge in [-0.05, 0) is 24.8 Å². The number of carbonyl (C=O) groups is 1. The molecule has 1 aliphatic carbocycles. The van der Waals surface area contributed by atoms with E-state index in [2.05, 4.69) is 5.32 Å². The van der Waals surface area contributed by atoms with Gasteiger partial charge in [0.25, 0.3) is 5.91 Å². The smallest absolute Gasteiger partial charge is 0.287 e. The van der Waals surface area contributed by atoms with Gasteiger partial charge in [-0.2, -0.15) is 11.8 Å². The van der Waals surface area contributed by atoms with Crippen LogP contribution in [0.1, 0.15) is 36.6 Å². The van der Waals surface area contributed by atoms with Gasteiger partial charge in [-0.1, -0.05) is 13.8 Å². The largest absolute Gasteiger partial charge is 0.455 e. The molecule has 5 heteroatoms. The van der Waals surface area contributed by atoms with Crippen LogP contribution in [0.15, 0.2) is 16.5 Å². The molecule has 0 radical (unpaired) electrons. The Morgan fingerprint density at radius 3 is 2.89 bits per heavy atom. The van der Waals surface area contributed by atoms with Gasteiger partial charge >= 0.3 is 0 Å². The third kappa shape index (κ3) is 2.42. The number of hydrogen-bond donors (Lipinski definition) is 2. The number of amides is 1. The number of furan rings is 1. The predicted molar refractivity (Wildman–Crippen MR) is 71.6 cm³/mol. The minimum Gasteiger partial charge on any atom is -0.455 e. The van der Waals surface area contributed by atoms with E-state index in [4.69, 9.17) is 4.42 Å². The summed E-state index contributed by atoms with van der Waals surface area (Å²) in [5.74, 6) is 1.71. The van der Waals surface area contributed by atoms with Crippen LogP contribution < -0.4 is 5.32 Å². The van der Waals surface area contributed by atoms with E-state index < -0.39 is 0 Å². The Hall–Kier alpha value is -0.940. The normalized spacial score (nSPS) is 25.6. The van der Waals surface area contributed by atoms with Crippen LogP contribution >= 0.6 is 11.8 Å². The molecule has 100 valence electrons. The maximum absolute atomic E-state index is 12.0. The van der Waals surface area contributed by atoms with Crippen LogP contribution in [0.25, 0.3) is 0 Å². The molecule has 1 amide bonds. The Bertz CT molecular complexity index is 441. The molecule has 0 aliphatic heterocycles. The van der Waals surface area contributed by atoms with Crippen LogP contribution in [0, 0.1) is 5.41 Å². The third-order valence-electron chi connectivity index (χ3n) is 3.69. The number of aliphatic hydroxyl groups excluding tert-OH is 1. The lowest BCUT2D eigenvalue weighted by atomic mass is 9.64. The van der Waals surface area contributed by atoms with E-state index in [0.29, 0.717) is 12.2 Å². The van der Waals surface area contributed by atoms with Gasteiger partial charge in [-0.25, -0.2) is 0 Å². The zero-order valence-corrected chi connectivity index (χ0v) is 11.7. The monoisotopic (exact) mass is 269 g/mol. The molecule has 2 N–H and O–H groups in total. The number of rotatable bonds is 4. The third-order valence-corrected chi connectivity index (χ3v) is 4.27. The molecule has 18 heavy (non-hydrogen) atoms. The average Bonchev–Trinajstić information content (AvgIpc) is 2.78. The van der Waals surface area contributed by atoms with E-state index in [1.54, 1.807) is 17.8 Å². The first kappa shape index (κ1) is 13.5. The first-order chi connectivity index (χ1) is 8.45. The van der Waals surface area contributed by atoms with E-state index in [1.165, 1.54) is 0 Å². The van der Waals surface area contributed by atoms with Gasteiger partial charge in [-0.15, -0.1) is 0 Å². The van der Waals surface area contributed by atoms with E-state index in [1.807, 2.05) is 26.2 Å². The highest BCUT2D eigenvalue weighted by atomic mass is 32.2. The van der Waals surface area contributed by atoms with Crippen LogP contribution in [0.4, 0.5) is 0 Å². The van der Waals surface area contributed by atoms with Crippen LogP contribution in [0.3, 0.4) is 0 Å². The van der Waals surface area contributed by atoms with Crippen molar-refractivity contribution in [1.29, 1.82) is 0 Å². The van der Waals surface area contributed by atoms with Crippen molar-refractivity contribution in [1.82, 2.24) is 5.32 Å². The summed E-state index contributed by atoms with van der Waals surface area (Å²) in [5.41, 5.74) is -0.260. The Kier molecular flexibility index (Phi) is 3.73. The molecular formula is C13H19NO3S. The van der Waals surface area contributed by atoms with Crippen molar-refractivity contribution in [3.8, 4) is 0 Å². The second-order valence-corrected chi connectivity index (χ2v) is 6.16. The molecule has 1 fully saturated rings. The van der Waals surface area contributed by atoms with E-state index in [-0.39, 0.29) is 23.5 Å². The molecule has 1 aromatic rings. The molecule has 0 spiro atoms. The number of carbonyl (C=O) groups excluding carboxylic acids is 1. The lowest BCUT2D eigenvalue weighted by molar-refractivity contribution is -0.0691. The van der Waals surface area contributed by atoms with Crippen LogP contribution in [0.2, 0.25) is 0 Å². The SMILES string of the molecule is CSCc1ccc(C(=O)NC2CC(O)C2(C)C)o1. The van der Waals surface area contributed by atoms with Crippen molar-refractivity contribution in [3.05, 3.63) is 23.7 Å². The molecule has 2 unspecified atom stereocenters. The zero-order chi connectivity index (χ0) is 13.3. The fourth-order valence-corrected chi connectivity index (χ4v) is 2.54. The topological polar surface area (TPSA) is 62.5 Å². The molecule has 2 rings (SSSR count). The minimum absolute atomic E-state index is 0.00843. The maximum atomic E-state index is 12.0. The Balaban J connectivity index is 1.96. The highest BCUT2D eigenvalue weighted by Gasteiger charge is 2.48. The fourth-order valence-electron chi connectivity index (χ4n) is 2.10. The summed E-state index contributed by atoms with van der Waals surface area (Å²) in [6.45, 7) is 3.90. The highest BCUT2D eigenvalue weighted by molar-refractivity contribution is 7.97. The molecule has 1 saturated carbocycles. The standard InChI is InChI=1S/C13H19NO3S/c1-13(2)10(6-11(13)15)14-12(16)9-5-4-8(17-9)7-18-3/h4-5,10-11,15H,6-7H2,1-3H3,(H,14,16). The lowest BCUT2D eigenvalue weighted by Gasteiger charge is -2.49. The van der Waals surface area contributed by atoms with Gasteiger partial charge in [-0.3, -0.25) is 4.79 Å². The van der Waals surface area contributed by atoms with Gasteiger partial charge in [0.15, 0.2) is 5.76 Å². The Morgan fingerprint density at radius 1 is 1.61 bits per heavy atom. The lowest BCUT2D eigenvalue weighted by Crippen LogP contribution is -2.61. The van der Waals surface area contributed by atoms with Crippen molar-refractivity contribution in [2.24, 2.45) is 5.41 Å². The molecule has 2 atom stereocenters. The summed E-state index contributed by atoms with van der Waals surface area (Å²) in [4.78, 5) is 12.0. The van der Waals surface area contributed by atoms with Crippen molar-refractivity contribution in [3.63, 3.8) is 0 Å². The molecule has 0 aromatic carbocycles. The molecule has 0 saturated heterocycles. The quantitative estimate of drug-likeness (QED) is 0.878. The fraction of sp³-hybridized carbons (Fsp3) is 0.615. The molecule has 1 aliphatic rings. The van der Waals surface area contributed by atoms with E-state index in [0.717, 1.165) is 11.5 Å². The number of aliphatic hydroxyl groups is 1. The molecule has 1 heterocycles. The molecule has 0 bridgehead atoms.